The fourth-order valence-corrected chi connectivity index (χ4v) is 1.53. The van der Waals surface area contributed by atoms with E-state index in [4.69, 9.17) is 0 Å². The second-order valence-electron chi connectivity index (χ2n) is 4.13. The Hall–Kier alpha value is -1.58. The van der Waals surface area contributed by atoms with Crippen LogP contribution in [0.25, 0.3) is 0 Å². The van der Waals surface area contributed by atoms with Crippen molar-refractivity contribution in [2.75, 3.05) is 13.1 Å². The molecule has 1 N–H and O–H groups in total. The van der Waals surface area contributed by atoms with Crippen molar-refractivity contribution in [2.24, 2.45) is 5.92 Å². The molecule has 1 aromatic rings. The minimum absolute atomic E-state index is 0.0605. The van der Waals surface area contributed by atoms with Crippen molar-refractivity contribution < 1.29 is 9.90 Å². The third-order valence-corrected chi connectivity index (χ3v) is 2.28. The summed E-state index contributed by atoms with van der Waals surface area (Å²) >= 11 is 0. The number of nitrogens with zero attached hydrogens (tertiary/aromatic N) is 2. The Kier molecular flexibility index (Phi) is 4.28. The van der Waals surface area contributed by atoms with Gasteiger partial charge in [0.05, 0.1) is 11.8 Å². The number of hydrogen-bond acceptors (Lipinski definition) is 3. The van der Waals surface area contributed by atoms with Crippen molar-refractivity contribution in [3.63, 3.8) is 0 Å². The summed E-state index contributed by atoms with van der Waals surface area (Å²) < 4.78 is 0. The predicted molar refractivity (Wildman–Crippen MR) is 62.3 cm³/mol. The van der Waals surface area contributed by atoms with Gasteiger partial charge in [0.15, 0.2) is 0 Å². The van der Waals surface area contributed by atoms with Gasteiger partial charge in [-0.25, -0.2) is 0 Å². The fourth-order valence-electron chi connectivity index (χ4n) is 1.53. The quantitative estimate of drug-likeness (QED) is 0.846. The van der Waals surface area contributed by atoms with E-state index in [1.807, 2.05) is 6.92 Å². The van der Waals surface area contributed by atoms with Gasteiger partial charge in [-0.15, -0.1) is 0 Å². The molecule has 0 aliphatic carbocycles. The summed E-state index contributed by atoms with van der Waals surface area (Å²) in [5.41, 5.74) is 0.317. The summed E-state index contributed by atoms with van der Waals surface area (Å²) in [6.07, 6.45) is 2.80. The molecule has 1 aromatic heterocycles. The molecule has 0 bridgehead atoms. The number of aromatic hydroxyl groups is 1. The number of rotatable bonds is 4. The van der Waals surface area contributed by atoms with Gasteiger partial charge in [-0.2, -0.15) is 0 Å². The van der Waals surface area contributed by atoms with Crippen molar-refractivity contribution in [3.05, 3.63) is 24.0 Å². The first-order valence-corrected chi connectivity index (χ1v) is 5.48. The maximum atomic E-state index is 12.1. The smallest absolute Gasteiger partial charge is 0.257 e. The van der Waals surface area contributed by atoms with E-state index in [1.165, 1.54) is 12.4 Å². The van der Waals surface area contributed by atoms with E-state index < -0.39 is 0 Å². The lowest BCUT2D eigenvalue weighted by Crippen LogP contribution is -2.34. The highest BCUT2D eigenvalue weighted by Gasteiger charge is 2.18. The highest BCUT2D eigenvalue weighted by Crippen LogP contribution is 2.16. The molecule has 1 amide bonds. The minimum Gasteiger partial charge on any atom is -0.505 e. The van der Waals surface area contributed by atoms with Crippen LogP contribution in [0, 0.1) is 5.92 Å². The van der Waals surface area contributed by atoms with E-state index in [9.17, 15) is 9.90 Å². The molecule has 0 spiro atoms. The van der Waals surface area contributed by atoms with Crippen LogP contribution in [-0.2, 0) is 0 Å². The Labute approximate surface area is 95.9 Å². The SMILES string of the molecule is CCN(CC(C)C)C(=O)c1ccncc1O. The Morgan fingerprint density at radius 1 is 1.56 bits per heavy atom. The first kappa shape index (κ1) is 12.5. The standard InChI is InChI=1S/C12H18N2O2/c1-4-14(8-9(2)3)12(16)10-5-6-13-7-11(10)15/h5-7,9,15H,4,8H2,1-3H3. The van der Waals surface area contributed by atoms with Crippen molar-refractivity contribution in [1.29, 1.82) is 0 Å². The van der Waals surface area contributed by atoms with E-state index in [-0.39, 0.29) is 11.7 Å². The maximum Gasteiger partial charge on any atom is 0.257 e. The number of carbonyl (C=O) groups excluding carboxylic acids is 1. The summed E-state index contributed by atoms with van der Waals surface area (Å²) in [6, 6.07) is 1.54. The van der Waals surface area contributed by atoms with Gasteiger partial charge in [-0.05, 0) is 18.9 Å². The number of pyridine rings is 1. The lowest BCUT2D eigenvalue weighted by atomic mass is 10.1. The van der Waals surface area contributed by atoms with Gasteiger partial charge in [-0.3, -0.25) is 9.78 Å². The van der Waals surface area contributed by atoms with Crippen LogP contribution >= 0.6 is 0 Å². The molecule has 4 heteroatoms. The highest BCUT2D eigenvalue weighted by molar-refractivity contribution is 5.96. The van der Waals surface area contributed by atoms with E-state index >= 15 is 0 Å². The van der Waals surface area contributed by atoms with Gasteiger partial charge in [0, 0.05) is 19.3 Å². The van der Waals surface area contributed by atoms with E-state index in [0.717, 1.165) is 0 Å². The van der Waals surface area contributed by atoms with Crippen LogP contribution < -0.4 is 0 Å². The zero-order chi connectivity index (χ0) is 12.1. The number of carbonyl (C=O) groups is 1. The van der Waals surface area contributed by atoms with Gasteiger partial charge >= 0.3 is 0 Å². The largest absolute Gasteiger partial charge is 0.505 e. The Bertz CT molecular complexity index is 364. The van der Waals surface area contributed by atoms with Crippen LogP contribution in [0.2, 0.25) is 0 Å². The predicted octanol–water partition coefficient (Wildman–Crippen LogP) is 1.91. The molecule has 1 rings (SSSR count). The zero-order valence-electron chi connectivity index (χ0n) is 9.97. The first-order valence-electron chi connectivity index (χ1n) is 5.48. The van der Waals surface area contributed by atoms with Crippen LogP contribution in [0.3, 0.4) is 0 Å². The van der Waals surface area contributed by atoms with Crippen LogP contribution in [0.5, 0.6) is 5.75 Å². The van der Waals surface area contributed by atoms with Crippen LogP contribution in [0.1, 0.15) is 31.1 Å². The second kappa shape index (κ2) is 5.49. The molecule has 0 atom stereocenters. The number of hydrogen-bond donors (Lipinski definition) is 1. The van der Waals surface area contributed by atoms with E-state index in [2.05, 4.69) is 18.8 Å². The van der Waals surface area contributed by atoms with Crippen molar-refractivity contribution >= 4 is 5.91 Å². The molecule has 0 aliphatic heterocycles. The van der Waals surface area contributed by atoms with E-state index in [0.29, 0.717) is 24.6 Å². The minimum atomic E-state index is -0.142. The molecule has 0 fully saturated rings. The third kappa shape index (κ3) is 2.95. The molecule has 4 nitrogen and oxygen atoms in total. The van der Waals surface area contributed by atoms with Gasteiger partial charge in [0.2, 0.25) is 0 Å². The average Bonchev–Trinajstić information content (AvgIpc) is 2.25. The summed E-state index contributed by atoms with van der Waals surface area (Å²) in [7, 11) is 0. The maximum absolute atomic E-state index is 12.1. The molecular weight excluding hydrogens is 204 g/mol. The van der Waals surface area contributed by atoms with Gasteiger partial charge in [-0.1, -0.05) is 13.8 Å². The summed E-state index contributed by atoms with van der Waals surface area (Å²) in [5.74, 6) is 0.207. The van der Waals surface area contributed by atoms with Gasteiger partial charge in [0.1, 0.15) is 5.75 Å². The van der Waals surface area contributed by atoms with Crippen molar-refractivity contribution in [2.45, 2.75) is 20.8 Å². The van der Waals surface area contributed by atoms with Crippen LogP contribution in [0.15, 0.2) is 18.5 Å². The topological polar surface area (TPSA) is 53.4 Å². The normalized spacial score (nSPS) is 10.5. The number of aromatic nitrogens is 1. The van der Waals surface area contributed by atoms with Crippen molar-refractivity contribution in [3.8, 4) is 5.75 Å². The summed E-state index contributed by atoms with van der Waals surface area (Å²) in [5, 5.41) is 9.55. The van der Waals surface area contributed by atoms with Crippen LogP contribution in [0.4, 0.5) is 0 Å². The first-order chi connectivity index (χ1) is 7.56. The fraction of sp³-hybridized carbons (Fsp3) is 0.500. The van der Waals surface area contributed by atoms with Crippen molar-refractivity contribution in [1.82, 2.24) is 9.88 Å². The lowest BCUT2D eigenvalue weighted by Gasteiger charge is -2.23. The monoisotopic (exact) mass is 222 g/mol. The Morgan fingerprint density at radius 2 is 2.25 bits per heavy atom. The second-order valence-corrected chi connectivity index (χ2v) is 4.13. The summed E-state index contributed by atoms with van der Waals surface area (Å²) in [4.78, 5) is 17.5. The lowest BCUT2D eigenvalue weighted by molar-refractivity contribution is 0.0742. The molecule has 1 heterocycles. The Morgan fingerprint density at radius 3 is 2.75 bits per heavy atom. The summed E-state index contributed by atoms with van der Waals surface area (Å²) in [6.45, 7) is 7.37. The third-order valence-electron chi connectivity index (χ3n) is 2.28. The zero-order valence-corrected chi connectivity index (χ0v) is 9.97. The molecule has 88 valence electrons. The molecule has 0 aromatic carbocycles. The molecule has 0 saturated carbocycles. The Balaban J connectivity index is 2.87. The van der Waals surface area contributed by atoms with Gasteiger partial charge in [0.25, 0.3) is 5.91 Å². The van der Waals surface area contributed by atoms with E-state index in [1.54, 1.807) is 11.0 Å². The highest BCUT2D eigenvalue weighted by atomic mass is 16.3. The van der Waals surface area contributed by atoms with Crippen LogP contribution in [-0.4, -0.2) is 34.0 Å². The molecule has 0 radical (unpaired) electrons. The molecule has 0 unspecified atom stereocenters. The average molecular weight is 222 g/mol. The number of amides is 1. The molecule has 0 saturated heterocycles. The van der Waals surface area contributed by atoms with Gasteiger partial charge < -0.3 is 10.0 Å². The molecular formula is C12H18N2O2. The molecule has 16 heavy (non-hydrogen) atoms. The molecule has 0 aliphatic rings.